The molecule has 2 N–H and O–H groups in total. The fraction of sp³-hybridized carbons (Fsp3) is 0. The minimum Gasteiger partial charge on any atom is -0.338 e. The Kier molecular flexibility index (Phi) is 4.63. The van der Waals surface area contributed by atoms with E-state index in [1.165, 1.54) is 0 Å². The van der Waals surface area contributed by atoms with E-state index in [9.17, 15) is 4.79 Å². The molecule has 114 valence electrons. The monoisotopic (exact) mass is 368 g/mol. The first-order valence-corrected chi connectivity index (χ1v) is 7.73. The first-order valence-electron chi connectivity index (χ1n) is 6.94. The molecule has 1 aromatic heterocycles. The number of rotatable bonds is 4. The van der Waals surface area contributed by atoms with E-state index in [-0.39, 0.29) is 11.6 Å². The Hall–Kier alpha value is -2.73. The van der Waals surface area contributed by atoms with Gasteiger partial charge in [0.25, 0.3) is 5.91 Å². The maximum Gasteiger partial charge on any atom is 0.276 e. The molecule has 0 bridgehead atoms. The van der Waals surface area contributed by atoms with Crippen molar-refractivity contribution >= 4 is 39.0 Å². The molecule has 0 unspecified atom stereocenters. The summed E-state index contributed by atoms with van der Waals surface area (Å²) < 4.78 is 0.924. The predicted octanol–water partition coefficient (Wildman–Crippen LogP) is 4.24. The van der Waals surface area contributed by atoms with E-state index in [0.29, 0.717) is 5.82 Å². The summed E-state index contributed by atoms with van der Waals surface area (Å²) in [5, 5.41) is 13.9. The number of hydrogen-bond donors (Lipinski definition) is 2. The molecular weight excluding hydrogens is 356 g/mol. The number of anilines is 3. The number of nitrogens with zero attached hydrogens (tertiary/aromatic N) is 2. The van der Waals surface area contributed by atoms with Gasteiger partial charge in [-0.1, -0.05) is 30.3 Å². The number of amides is 1. The van der Waals surface area contributed by atoms with E-state index < -0.39 is 0 Å². The second-order valence-corrected chi connectivity index (χ2v) is 5.58. The summed E-state index contributed by atoms with van der Waals surface area (Å²) >= 11 is 3.45. The normalized spacial score (nSPS) is 10.1. The first kappa shape index (κ1) is 15.2. The second kappa shape index (κ2) is 7.02. The van der Waals surface area contributed by atoms with Crippen LogP contribution < -0.4 is 10.6 Å². The number of benzene rings is 2. The predicted molar refractivity (Wildman–Crippen MR) is 93.9 cm³/mol. The summed E-state index contributed by atoms with van der Waals surface area (Å²) in [6.07, 6.45) is 0. The Morgan fingerprint density at radius 2 is 1.61 bits per heavy atom. The smallest absolute Gasteiger partial charge is 0.276 e. The van der Waals surface area contributed by atoms with Crippen LogP contribution in [0.1, 0.15) is 10.5 Å². The van der Waals surface area contributed by atoms with Gasteiger partial charge in [-0.25, -0.2) is 0 Å². The van der Waals surface area contributed by atoms with Crippen molar-refractivity contribution in [1.29, 1.82) is 0 Å². The van der Waals surface area contributed by atoms with Gasteiger partial charge in [-0.15, -0.1) is 10.2 Å². The van der Waals surface area contributed by atoms with Crippen LogP contribution in [0.25, 0.3) is 0 Å². The van der Waals surface area contributed by atoms with Gasteiger partial charge in [0.2, 0.25) is 0 Å². The summed E-state index contributed by atoms with van der Waals surface area (Å²) in [5.41, 5.74) is 1.85. The molecule has 0 aliphatic carbocycles. The maximum absolute atomic E-state index is 12.1. The van der Waals surface area contributed by atoms with Gasteiger partial charge in [-0.3, -0.25) is 4.79 Å². The van der Waals surface area contributed by atoms with Crippen molar-refractivity contribution in [2.24, 2.45) is 0 Å². The molecule has 0 aliphatic heterocycles. The van der Waals surface area contributed by atoms with E-state index >= 15 is 0 Å². The van der Waals surface area contributed by atoms with Gasteiger partial charge in [0.1, 0.15) is 0 Å². The summed E-state index contributed by atoms with van der Waals surface area (Å²) in [5.74, 6) is 0.268. The SMILES string of the molecule is O=C(Nc1ccccc1)c1ccc(Nc2ccccc2Br)nn1. The van der Waals surface area contributed by atoms with Crippen LogP contribution in [0.5, 0.6) is 0 Å². The van der Waals surface area contributed by atoms with E-state index in [2.05, 4.69) is 36.8 Å². The zero-order valence-electron chi connectivity index (χ0n) is 12.0. The third-order valence-corrected chi connectivity index (χ3v) is 3.76. The summed E-state index contributed by atoms with van der Waals surface area (Å²) in [6, 6.07) is 20.3. The molecule has 0 saturated heterocycles. The first-order chi connectivity index (χ1) is 11.2. The van der Waals surface area contributed by atoms with Gasteiger partial charge in [-0.05, 0) is 52.3 Å². The van der Waals surface area contributed by atoms with Crippen molar-refractivity contribution < 1.29 is 4.79 Å². The number of aromatic nitrogens is 2. The number of carbonyl (C=O) groups is 1. The van der Waals surface area contributed by atoms with Crippen LogP contribution in [0.15, 0.2) is 71.2 Å². The van der Waals surface area contributed by atoms with Crippen molar-refractivity contribution in [3.63, 3.8) is 0 Å². The van der Waals surface area contributed by atoms with Gasteiger partial charge in [-0.2, -0.15) is 0 Å². The van der Waals surface area contributed by atoms with Crippen molar-refractivity contribution in [2.45, 2.75) is 0 Å². The maximum atomic E-state index is 12.1. The molecule has 0 spiro atoms. The molecule has 5 nitrogen and oxygen atoms in total. The molecule has 0 aliphatic rings. The van der Waals surface area contributed by atoms with Crippen LogP contribution in [0.2, 0.25) is 0 Å². The molecule has 23 heavy (non-hydrogen) atoms. The van der Waals surface area contributed by atoms with E-state index in [1.807, 2.05) is 54.6 Å². The minimum absolute atomic E-state index is 0.256. The lowest BCUT2D eigenvalue weighted by Gasteiger charge is -2.07. The van der Waals surface area contributed by atoms with Gasteiger partial charge in [0.05, 0.1) is 5.69 Å². The van der Waals surface area contributed by atoms with Crippen LogP contribution in [0.3, 0.4) is 0 Å². The van der Waals surface area contributed by atoms with E-state index in [4.69, 9.17) is 0 Å². The van der Waals surface area contributed by atoms with Crippen LogP contribution in [0.4, 0.5) is 17.2 Å². The highest BCUT2D eigenvalue weighted by atomic mass is 79.9. The molecule has 0 fully saturated rings. The van der Waals surface area contributed by atoms with Crippen molar-refractivity contribution in [1.82, 2.24) is 10.2 Å². The molecule has 0 radical (unpaired) electrons. The van der Waals surface area contributed by atoms with Crippen molar-refractivity contribution in [3.8, 4) is 0 Å². The van der Waals surface area contributed by atoms with Crippen molar-refractivity contribution in [3.05, 3.63) is 76.9 Å². The topological polar surface area (TPSA) is 66.9 Å². The quantitative estimate of drug-likeness (QED) is 0.722. The van der Waals surface area contributed by atoms with E-state index in [0.717, 1.165) is 15.8 Å². The molecule has 1 heterocycles. The Labute approximate surface area is 141 Å². The molecular formula is C17H13BrN4O. The summed E-state index contributed by atoms with van der Waals surface area (Å²) in [4.78, 5) is 12.1. The van der Waals surface area contributed by atoms with Gasteiger partial charge in [0, 0.05) is 10.2 Å². The number of halogens is 1. The standard InChI is InChI=1S/C17H13BrN4O/c18-13-8-4-5-9-14(13)20-16-11-10-15(21-22-16)17(23)19-12-6-2-1-3-7-12/h1-11H,(H,19,23)(H,20,22). The van der Waals surface area contributed by atoms with E-state index in [1.54, 1.807) is 12.1 Å². The molecule has 0 atom stereocenters. The summed E-state index contributed by atoms with van der Waals surface area (Å²) in [6.45, 7) is 0. The van der Waals surface area contributed by atoms with Crippen LogP contribution in [-0.4, -0.2) is 16.1 Å². The fourth-order valence-corrected chi connectivity index (χ4v) is 2.32. The van der Waals surface area contributed by atoms with Gasteiger partial charge < -0.3 is 10.6 Å². The highest BCUT2D eigenvalue weighted by Gasteiger charge is 2.09. The number of hydrogen-bond acceptors (Lipinski definition) is 4. The zero-order chi connectivity index (χ0) is 16.1. The van der Waals surface area contributed by atoms with Crippen molar-refractivity contribution in [2.75, 3.05) is 10.6 Å². The highest BCUT2D eigenvalue weighted by Crippen LogP contribution is 2.24. The lowest BCUT2D eigenvalue weighted by molar-refractivity contribution is 0.102. The fourth-order valence-electron chi connectivity index (χ4n) is 1.94. The van der Waals surface area contributed by atoms with Crippen LogP contribution >= 0.6 is 15.9 Å². The highest BCUT2D eigenvalue weighted by molar-refractivity contribution is 9.10. The minimum atomic E-state index is -0.295. The summed E-state index contributed by atoms with van der Waals surface area (Å²) in [7, 11) is 0. The van der Waals surface area contributed by atoms with Gasteiger partial charge >= 0.3 is 0 Å². The molecule has 3 aromatic rings. The molecule has 0 saturated carbocycles. The van der Waals surface area contributed by atoms with Crippen LogP contribution in [-0.2, 0) is 0 Å². The number of carbonyl (C=O) groups excluding carboxylic acids is 1. The molecule has 3 rings (SSSR count). The molecule has 6 heteroatoms. The Morgan fingerprint density at radius 3 is 2.30 bits per heavy atom. The largest absolute Gasteiger partial charge is 0.338 e. The lowest BCUT2D eigenvalue weighted by Crippen LogP contribution is -2.14. The third kappa shape index (κ3) is 3.92. The third-order valence-electron chi connectivity index (χ3n) is 3.07. The average molecular weight is 369 g/mol. The Balaban J connectivity index is 1.69. The number of nitrogens with one attached hydrogen (secondary N) is 2. The van der Waals surface area contributed by atoms with Crippen LogP contribution in [0, 0.1) is 0 Å². The van der Waals surface area contributed by atoms with Gasteiger partial charge in [0.15, 0.2) is 11.5 Å². The Bertz CT molecular complexity index is 806. The zero-order valence-corrected chi connectivity index (χ0v) is 13.6. The number of para-hydroxylation sites is 2. The Morgan fingerprint density at radius 1 is 0.870 bits per heavy atom. The molecule has 2 aromatic carbocycles. The molecule has 1 amide bonds. The lowest BCUT2D eigenvalue weighted by atomic mass is 10.3. The second-order valence-electron chi connectivity index (χ2n) is 4.73. The average Bonchev–Trinajstić information content (AvgIpc) is 2.58.